The number of hydrogen-bond donors (Lipinski definition) is 0. The molecule has 0 fully saturated rings. The van der Waals surface area contributed by atoms with E-state index in [0.29, 0.717) is 5.92 Å². The third kappa shape index (κ3) is 7.44. The summed E-state index contributed by atoms with van der Waals surface area (Å²) < 4.78 is 0. The summed E-state index contributed by atoms with van der Waals surface area (Å²) in [6.45, 7) is 15.2. The molecule has 0 saturated carbocycles. The van der Waals surface area contributed by atoms with E-state index in [4.69, 9.17) is 0 Å². The molecule has 0 bridgehead atoms. The lowest BCUT2D eigenvalue weighted by atomic mass is 9.94. The lowest BCUT2D eigenvalue weighted by Gasteiger charge is -2.12. The summed E-state index contributed by atoms with van der Waals surface area (Å²) >= 11 is 0. The number of benzene rings is 1. The van der Waals surface area contributed by atoms with E-state index < -0.39 is 0 Å². The highest BCUT2D eigenvalue weighted by molar-refractivity contribution is 5.69. The highest BCUT2D eigenvalue weighted by Gasteiger charge is 2.05. The molecular weight excluding hydrogens is 312 g/mol. The SMILES string of the molecule is C/C=C(C)\C=C/CC(C)/C=C(\C=C(/CC)c1ccc(C)cc1)C(/C)=C/C. The van der Waals surface area contributed by atoms with Gasteiger partial charge in [0.05, 0.1) is 0 Å². The minimum atomic E-state index is 0.508. The first-order chi connectivity index (χ1) is 12.4. The van der Waals surface area contributed by atoms with Gasteiger partial charge in [0.15, 0.2) is 0 Å². The standard InChI is InChI=1S/C26H36/c1-8-20(4)12-11-13-22(6)18-26(23(7)9-2)19-24(10-3)25-16-14-21(5)15-17-25/h8-9,11-12,14-19,22H,10,13H2,1-7H3/b12-11-,20-8-,23-9+,24-19+,26-18+. The maximum Gasteiger partial charge on any atom is -0.0218 e. The molecule has 0 aliphatic heterocycles. The van der Waals surface area contributed by atoms with Gasteiger partial charge in [-0.15, -0.1) is 0 Å². The fourth-order valence-electron chi connectivity index (χ4n) is 2.74. The van der Waals surface area contributed by atoms with Crippen molar-refractivity contribution in [1.29, 1.82) is 0 Å². The van der Waals surface area contributed by atoms with Crippen molar-refractivity contribution in [3.05, 3.63) is 88.6 Å². The van der Waals surface area contributed by atoms with Gasteiger partial charge in [0.25, 0.3) is 0 Å². The second-order valence-corrected chi connectivity index (χ2v) is 7.13. The summed E-state index contributed by atoms with van der Waals surface area (Å²) in [4.78, 5) is 0. The molecule has 0 N–H and O–H groups in total. The lowest BCUT2D eigenvalue weighted by molar-refractivity contribution is 0.740. The summed E-state index contributed by atoms with van der Waals surface area (Å²) in [6.07, 6.45) is 15.7. The van der Waals surface area contributed by atoms with Crippen LogP contribution in [-0.2, 0) is 0 Å². The molecule has 1 rings (SSSR count). The van der Waals surface area contributed by atoms with Crippen LogP contribution in [0.4, 0.5) is 0 Å². The topological polar surface area (TPSA) is 0 Å². The molecule has 0 heteroatoms. The molecule has 0 saturated heterocycles. The Kier molecular flexibility index (Phi) is 9.73. The Labute approximate surface area is 161 Å². The number of aryl methyl sites for hydroxylation is 1. The third-order valence-electron chi connectivity index (χ3n) is 4.83. The zero-order valence-corrected chi connectivity index (χ0v) is 17.8. The normalized spacial score (nSPS) is 15.7. The van der Waals surface area contributed by atoms with Gasteiger partial charge in [-0.1, -0.05) is 85.7 Å². The Bertz CT molecular complexity index is 703. The summed E-state index contributed by atoms with van der Waals surface area (Å²) in [6, 6.07) is 8.86. The summed E-state index contributed by atoms with van der Waals surface area (Å²) in [5, 5.41) is 0. The first kappa shape index (κ1) is 22.0. The average Bonchev–Trinajstić information content (AvgIpc) is 2.65. The highest BCUT2D eigenvalue weighted by Crippen LogP contribution is 2.25. The molecule has 1 unspecified atom stereocenters. The van der Waals surface area contributed by atoms with Gasteiger partial charge in [0.2, 0.25) is 0 Å². The molecule has 140 valence electrons. The van der Waals surface area contributed by atoms with E-state index in [1.165, 1.54) is 33.4 Å². The first-order valence-corrected chi connectivity index (χ1v) is 9.83. The number of allylic oxidation sites excluding steroid dienone is 10. The minimum absolute atomic E-state index is 0.508. The Balaban J connectivity index is 3.11. The van der Waals surface area contributed by atoms with E-state index in [1.54, 1.807) is 0 Å². The molecule has 0 heterocycles. The van der Waals surface area contributed by atoms with Crippen molar-refractivity contribution >= 4 is 5.57 Å². The number of hydrogen-bond acceptors (Lipinski definition) is 0. The molecule has 0 aliphatic carbocycles. The Morgan fingerprint density at radius 1 is 1.04 bits per heavy atom. The Morgan fingerprint density at radius 3 is 2.23 bits per heavy atom. The van der Waals surface area contributed by atoms with Crippen LogP contribution in [0.2, 0.25) is 0 Å². The van der Waals surface area contributed by atoms with Crippen LogP contribution in [0.15, 0.2) is 77.4 Å². The fraction of sp³-hybridized carbons (Fsp3) is 0.385. The van der Waals surface area contributed by atoms with Crippen molar-refractivity contribution < 1.29 is 0 Å². The fourth-order valence-corrected chi connectivity index (χ4v) is 2.74. The van der Waals surface area contributed by atoms with E-state index in [1.807, 2.05) is 0 Å². The zero-order valence-electron chi connectivity index (χ0n) is 17.8. The van der Waals surface area contributed by atoms with Crippen molar-refractivity contribution in [2.24, 2.45) is 5.92 Å². The molecule has 1 aromatic rings. The predicted octanol–water partition coefficient (Wildman–Crippen LogP) is 8.23. The van der Waals surface area contributed by atoms with Gasteiger partial charge in [0.1, 0.15) is 0 Å². The molecule has 1 aromatic carbocycles. The van der Waals surface area contributed by atoms with Crippen molar-refractivity contribution in [3.8, 4) is 0 Å². The quantitative estimate of drug-likeness (QED) is 0.415. The second-order valence-electron chi connectivity index (χ2n) is 7.13. The van der Waals surface area contributed by atoms with E-state index in [2.05, 4.69) is 109 Å². The summed E-state index contributed by atoms with van der Waals surface area (Å²) in [7, 11) is 0. The van der Waals surface area contributed by atoms with E-state index >= 15 is 0 Å². The van der Waals surface area contributed by atoms with Crippen LogP contribution in [0.5, 0.6) is 0 Å². The van der Waals surface area contributed by atoms with Crippen LogP contribution in [0.25, 0.3) is 5.57 Å². The molecule has 0 radical (unpaired) electrons. The molecule has 1 atom stereocenters. The van der Waals surface area contributed by atoms with Crippen LogP contribution in [0.1, 0.15) is 65.5 Å². The maximum absolute atomic E-state index is 2.41. The first-order valence-electron chi connectivity index (χ1n) is 9.83. The molecule has 0 nitrogen and oxygen atoms in total. The molecule has 0 aromatic heterocycles. The zero-order chi connectivity index (χ0) is 19.5. The van der Waals surface area contributed by atoms with Gasteiger partial charge in [-0.25, -0.2) is 0 Å². The molecule has 0 spiro atoms. The largest absolute Gasteiger partial charge is 0.0847 e. The van der Waals surface area contributed by atoms with Crippen molar-refractivity contribution in [2.45, 2.75) is 61.3 Å². The van der Waals surface area contributed by atoms with Gasteiger partial charge in [-0.3, -0.25) is 0 Å². The number of rotatable bonds is 8. The summed E-state index contributed by atoms with van der Waals surface area (Å²) in [5.74, 6) is 0.508. The molecule has 0 amide bonds. The van der Waals surface area contributed by atoms with Gasteiger partial charge in [-0.2, -0.15) is 0 Å². The Hall–Kier alpha value is -2.08. The van der Waals surface area contributed by atoms with Crippen LogP contribution >= 0.6 is 0 Å². The van der Waals surface area contributed by atoms with Gasteiger partial charge >= 0.3 is 0 Å². The molecular formula is C26H36. The highest BCUT2D eigenvalue weighted by atomic mass is 14.1. The van der Waals surface area contributed by atoms with Gasteiger partial charge in [-0.05, 0) is 75.7 Å². The third-order valence-corrected chi connectivity index (χ3v) is 4.83. The van der Waals surface area contributed by atoms with Gasteiger partial charge in [0, 0.05) is 0 Å². The van der Waals surface area contributed by atoms with Gasteiger partial charge < -0.3 is 0 Å². The van der Waals surface area contributed by atoms with Crippen molar-refractivity contribution in [2.75, 3.05) is 0 Å². The van der Waals surface area contributed by atoms with Crippen molar-refractivity contribution in [1.82, 2.24) is 0 Å². The van der Waals surface area contributed by atoms with Crippen LogP contribution < -0.4 is 0 Å². The van der Waals surface area contributed by atoms with E-state index in [-0.39, 0.29) is 0 Å². The molecule has 26 heavy (non-hydrogen) atoms. The molecule has 0 aliphatic rings. The monoisotopic (exact) mass is 348 g/mol. The second kappa shape index (κ2) is 11.5. The predicted molar refractivity (Wildman–Crippen MR) is 119 cm³/mol. The van der Waals surface area contributed by atoms with Crippen LogP contribution in [-0.4, -0.2) is 0 Å². The lowest BCUT2D eigenvalue weighted by Crippen LogP contribution is -1.93. The van der Waals surface area contributed by atoms with Crippen LogP contribution in [0.3, 0.4) is 0 Å². The van der Waals surface area contributed by atoms with E-state index in [0.717, 1.165) is 12.8 Å². The maximum atomic E-state index is 2.41. The average molecular weight is 349 g/mol. The Morgan fingerprint density at radius 2 is 1.69 bits per heavy atom. The summed E-state index contributed by atoms with van der Waals surface area (Å²) in [5.41, 5.74) is 8.02. The van der Waals surface area contributed by atoms with Crippen LogP contribution in [0, 0.1) is 12.8 Å². The smallest absolute Gasteiger partial charge is 0.0218 e. The van der Waals surface area contributed by atoms with E-state index in [9.17, 15) is 0 Å². The van der Waals surface area contributed by atoms with Crippen molar-refractivity contribution in [3.63, 3.8) is 0 Å². The minimum Gasteiger partial charge on any atom is -0.0847 e.